The molecule has 0 spiro atoms. The fourth-order valence-corrected chi connectivity index (χ4v) is 1.40. The summed E-state index contributed by atoms with van der Waals surface area (Å²) in [5, 5.41) is 6.46. The highest BCUT2D eigenvalue weighted by atomic mass is 16.5. The molecule has 0 bridgehead atoms. The van der Waals surface area contributed by atoms with Crippen molar-refractivity contribution in [1.29, 1.82) is 0 Å². The van der Waals surface area contributed by atoms with Gasteiger partial charge in [-0.25, -0.2) is 0 Å². The number of hydrogen-bond acceptors (Lipinski definition) is 3. The van der Waals surface area contributed by atoms with Gasteiger partial charge in [-0.3, -0.25) is 10.1 Å². The first kappa shape index (κ1) is 7.34. The van der Waals surface area contributed by atoms with E-state index in [1.54, 1.807) is 0 Å². The number of carbonyl (C=O) groups is 1. The van der Waals surface area contributed by atoms with Crippen LogP contribution in [0.1, 0.15) is 24.1 Å². The van der Waals surface area contributed by atoms with Crippen LogP contribution in [-0.2, 0) is 11.2 Å². The second-order valence-corrected chi connectivity index (χ2v) is 2.98. The minimum atomic E-state index is 0.0184. The van der Waals surface area contributed by atoms with Crippen molar-refractivity contribution in [2.45, 2.75) is 26.2 Å². The van der Waals surface area contributed by atoms with Gasteiger partial charge in [0.05, 0.1) is 5.69 Å². The number of fused-ring (bicyclic) bond motifs is 1. The van der Waals surface area contributed by atoms with Crippen LogP contribution in [-0.4, -0.2) is 11.1 Å². The van der Waals surface area contributed by atoms with Gasteiger partial charge in [0.2, 0.25) is 11.8 Å². The smallest absolute Gasteiger partial charge is 0.234 e. The molecule has 0 unspecified atom stereocenters. The van der Waals surface area contributed by atoms with E-state index in [1.165, 1.54) is 0 Å². The van der Waals surface area contributed by atoms with E-state index in [-0.39, 0.29) is 5.91 Å². The lowest BCUT2D eigenvalue weighted by Crippen LogP contribution is -2.08. The highest BCUT2D eigenvalue weighted by Gasteiger charge is 2.18. The SMILES string of the molecule is Cc1noc2c1CCCC(=O)N2. The Balaban J connectivity index is 2.39. The minimum Gasteiger partial charge on any atom is -0.338 e. The maximum absolute atomic E-state index is 11.1. The van der Waals surface area contributed by atoms with Crippen molar-refractivity contribution in [3.63, 3.8) is 0 Å². The van der Waals surface area contributed by atoms with Gasteiger partial charge >= 0.3 is 0 Å². The average Bonchev–Trinajstić information content (AvgIpc) is 2.31. The van der Waals surface area contributed by atoms with Crippen LogP contribution in [0.15, 0.2) is 4.52 Å². The van der Waals surface area contributed by atoms with E-state index in [2.05, 4.69) is 10.5 Å². The zero-order chi connectivity index (χ0) is 8.55. The molecule has 4 nitrogen and oxygen atoms in total. The predicted molar refractivity (Wildman–Crippen MR) is 42.8 cm³/mol. The molecule has 1 aromatic heterocycles. The molecule has 0 radical (unpaired) electrons. The third-order valence-electron chi connectivity index (χ3n) is 2.07. The number of hydrogen-bond donors (Lipinski definition) is 1. The summed E-state index contributed by atoms with van der Waals surface area (Å²) < 4.78 is 4.96. The van der Waals surface area contributed by atoms with E-state index in [0.29, 0.717) is 12.3 Å². The Morgan fingerprint density at radius 1 is 1.50 bits per heavy atom. The molecule has 0 atom stereocenters. The third kappa shape index (κ3) is 1.09. The molecule has 1 amide bonds. The van der Waals surface area contributed by atoms with Gasteiger partial charge in [-0.2, -0.15) is 0 Å². The molecule has 4 heteroatoms. The minimum absolute atomic E-state index is 0.0184. The van der Waals surface area contributed by atoms with E-state index >= 15 is 0 Å². The summed E-state index contributed by atoms with van der Waals surface area (Å²) in [6.45, 7) is 1.89. The summed E-state index contributed by atoms with van der Waals surface area (Å²) in [6, 6.07) is 0. The monoisotopic (exact) mass is 166 g/mol. The largest absolute Gasteiger partial charge is 0.338 e. The van der Waals surface area contributed by atoms with E-state index in [1.807, 2.05) is 6.92 Å². The average molecular weight is 166 g/mol. The molecule has 0 fully saturated rings. The van der Waals surface area contributed by atoms with Crippen LogP contribution in [0.5, 0.6) is 0 Å². The van der Waals surface area contributed by atoms with E-state index in [4.69, 9.17) is 4.52 Å². The van der Waals surface area contributed by atoms with E-state index in [9.17, 15) is 4.79 Å². The van der Waals surface area contributed by atoms with Crippen molar-refractivity contribution < 1.29 is 9.32 Å². The lowest BCUT2D eigenvalue weighted by molar-refractivity contribution is -0.116. The molecule has 12 heavy (non-hydrogen) atoms. The predicted octanol–water partition coefficient (Wildman–Crippen LogP) is 1.26. The van der Waals surface area contributed by atoms with Gasteiger partial charge in [-0.05, 0) is 19.8 Å². The molecule has 2 heterocycles. The Kier molecular flexibility index (Phi) is 1.60. The molecule has 0 aliphatic carbocycles. The van der Waals surface area contributed by atoms with Crippen molar-refractivity contribution >= 4 is 11.8 Å². The molecule has 0 saturated carbocycles. The maximum atomic E-state index is 11.1. The fraction of sp³-hybridized carbons (Fsp3) is 0.500. The number of nitrogens with one attached hydrogen (secondary N) is 1. The molecule has 2 rings (SSSR count). The van der Waals surface area contributed by atoms with Crippen molar-refractivity contribution in [3.8, 4) is 0 Å². The van der Waals surface area contributed by atoms with Crippen molar-refractivity contribution in [2.24, 2.45) is 0 Å². The lowest BCUT2D eigenvalue weighted by Gasteiger charge is -1.94. The Labute approximate surface area is 69.9 Å². The van der Waals surface area contributed by atoms with Crippen LogP contribution in [0.4, 0.5) is 5.88 Å². The molecule has 1 aliphatic heterocycles. The number of nitrogens with zero attached hydrogens (tertiary/aromatic N) is 1. The van der Waals surface area contributed by atoms with Crippen molar-refractivity contribution in [2.75, 3.05) is 5.32 Å². The zero-order valence-electron chi connectivity index (χ0n) is 6.89. The topological polar surface area (TPSA) is 55.1 Å². The first-order chi connectivity index (χ1) is 5.77. The molecular weight excluding hydrogens is 156 g/mol. The second kappa shape index (κ2) is 2.62. The van der Waals surface area contributed by atoms with Crippen LogP contribution in [0, 0.1) is 6.92 Å². The Hall–Kier alpha value is -1.32. The number of rotatable bonds is 0. The van der Waals surface area contributed by atoms with E-state index < -0.39 is 0 Å². The van der Waals surface area contributed by atoms with E-state index in [0.717, 1.165) is 24.1 Å². The molecular formula is C8H10N2O2. The standard InChI is InChI=1S/C8H10N2O2/c1-5-6-3-2-4-7(11)9-8(6)12-10-5/h2-4H2,1H3,(H,9,11). The van der Waals surface area contributed by atoms with Gasteiger partial charge in [-0.15, -0.1) is 0 Å². The molecule has 1 N–H and O–H groups in total. The first-order valence-corrected chi connectivity index (χ1v) is 4.02. The van der Waals surface area contributed by atoms with Gasteiger partial charge < -0.3 is 4.52 Å². The molecule has 1 aliphatic rings. The highest BCUT2D eigenvalue weighted by Crippen LogP contribution is 2.24. The van der Waals surface area contributed by atoms with Gasteiger partial charge in [0.25, 0.3) is 0 Å². The summed E-state index contributed by atoms with van der Waals surface area (Å²) in [5.41, 5.74) is 1.92. The summed E-state index contributed by atoms with van der Waals surface area (Å²) >= 11 is 0. The Morgan fingerprint density at radius 3 is 3.17 bits per heavy atom. The van der Waals surface area contributed by atoms with Gasteiger partial charge in [-0.1, -0.05) is 5.16 Å². The fourth-order valence-electron chi connectivity index (χ4n) is 1.40. The number of carbonyl (C=O) groups excluding carboxylic acids is 1. The summed E-state index contributed by atoms with van der Waals surface area (Å²) in [4.78, 5) is 11.1. The van der Waals surface area contributed by atoms with Gasteiger partial charge in [0.15, 0.2) is 0 Å². The summed E-state index contributed by atoms with van der Waals surface area (Å²) in [7, 11) is 0. The normalized spacial score (nSPS) is 16.6. The van der Waals surface area contributed by atoms with Gasteiger partial charge in [0, 0.05) is 12.0 Å². The van der Waals surface area contributed by atoms with Crippen LogP contribution in [0.3, 0.4) is 0 Å². The summed E-state index contributed by atoms with van der Waals surface area (Å²) in [5.74, 6) is 0.555. The molecule has 0 aromatic carbocycles. The number of aromatic nitrogens is 1. The highest BCUT2D eigenvalue weighted by molar-refractivity contribution is 5.90. The van der Waals surface area contributed by atoms with Crippen molar-refractivity contribution in [1.82, 2.24) is 5.16 Å². The van der Waals surface area contributed by atoms with Crippen LogP contribution in [0.25, 0.3) is 0 Å². The van der Waals surface area contributed by atoms with Crippen LogP contribution in [0.2, 0.25) is 0 Å². The van der Waals surface area contributed by atoms with Crippen LogP contribution >= 0.6 is 0 Å². The Morgan fingerprint density at radius 2 is 2.33 bits per heavy atom. The zero-order valence-corrected chi connectivity index (χ0v) is 6.89. The van der Waals surface area contributed by atoms with Crippen molar-refractivity contribution in [3.05, 3.63) is 11.3 Å². The number of amides is 1. The maximum Gasteiger partial charge on any atom is 0.234 e. The first-order valence-electron chi connectivity index (χ1n) is 4.02. The third-order valence-corrected chi connectivity index (χ3v) is 2.07. The number of anilines is 1. The molecule has 64 valence electrons. The van der Waals surface area contributed by atoms with Crippen LogP contribution < -0.4 is 5.32 Å². The lowest BCUT2D eigenvalue weighted by atomic mass is 10.1. The summed E-state index contributed by atoms with van der Waals surface area (Å²) in [6.07, 6.45) is 2.33. The Bertz CT molecular complexity index is 317. The second-order valence-electron chi connectivity index (χ2n) is 2.98. The molecule has 1 aromatic rings. The molecule has 0 saturated heterocycles. The number of aryl methyl sites for hydroxylation is 1. The van der Waals surface area contributed by atoms with Gasteiger partial charge in [0.1, 0.15) is 0 Å². The quantitative estimate of drug-likeness (QED) is 0.631.